The first-order valence-corrected chi connectivity index (χ1v) is 6.32. The zero-order valence-electron chi connectivity index (χ0n) is 12.4. The minimum Gasteiger partial charge on any atom is -0.383 e. The summed E-state index contributed by atoms with van der Waals surface area (Å²) in [6, 6.07) is 0. The van der Waals surface area contributed by atoms with Crippen molar-refractivity contribution in [2.24, 2.45) is 0 Å². The van der Waals surface area contributed by atoms with Crippen molar-refractivity contribution in [1.82, 2.24) is 14.9 Å². The third-order valence-corrected chi connectivity index (χ3v) is 2.94. The molecule has 2 N–H and O–H groups in total. The van der Waals surface area contributed by atoms with E-state index in [0.29, 0.717) is 5.82 Å². The summed E-state index contributed by atoms with van der Waals surface area (Å²) in [6.45, 7) is 8.03. The number of rotatable bonds is 5. The Morgan fingerprint density at radius 2 is 1.72 bits per heavy atom. The third kappa shape index (κ3) is 3.57. The normalized spacial score (nSPS) is 11.3. The SMILES string of the molecule is Cc1c(N)nc(C(C)C)nc1N(C)CCN(C)C. The molecule has 0 spiro atoms. The maximum absolute atomic E-state index is 5.96. The highest BCUT2D eigenvalue weighted by atomic mass is 15.2. The van der Waals surface area contributed by atoms with Gasteiger partial charge in [0.2, 0.25) is 0 Å². The van der Waals surface area contributed by atoms with Crippen molar-refractivity contribution in [3.63, 3.8) is 0 Å². The molecule has 0 radical (unpaired) electrons. The smallest absolute Gasteiger partial charge is 0.137 e. The van der Waals surface area contributed by atoms with E-state index in [2.05, 4.69) is 47.7 Å². The van der Waals surface area contributed by atoms with Crippen molar-refractivity contribution in [1.29, 1.82) is 0 Å². The van der Waals surface area contributed by atoms with E-state index >= 15 is 0 Å². The first-order valence-electron chi connectivity index (χ1n) is 6.32. The molecule has 1 aromatic heterocycles. The molecule has 0 aliphatic heterocycles. The summed E-state index contributed by atoms with van der Waals surface area (Å²) in [7, 11) is 6.17. The quantitative estimate of drug-likeness (QED) is 0.859. The topological polar surface area (TPSA) is 58.3 Å². The second-order valence-corrected chi connectivity index (χ2v) is 5.30. The van der Waals surface area contributed by atoms with Crippen LogP contribution in [-0.2, 0) is 0 Å². The molecule has 0 bridgehead atoms. The molecule has 0 amide bonds. The number of aromatic nitrogens is 2. The molecule has 0 unspecified atom stereocenters. The van der Waals surface area contributed by atoms with Crippen LogP contribution in [0.3, 0.4) is 0 Å². The van der Waals surface area contributed by atoms with Gasteiger partial charge in [-0.05, 0) is 21.0 Å². The van der Waals surface area contributed by atoms with Gasteiger partial charge in [0, 0.05) is 31.6 Å². The second kappa shape index (κ2) is 6.00. The fourth-order valence-corrected chi connectivity index (χ4v) is 1.62. The Balaban J connectivity index is 2.99. The van der Waals surface area contributed by atoms with Crippen LogP contribution in [0.2, 0.25) is 0 Å². The Morgan fingerprint density at radius 1 is 1.11 bits per heavy atom. The number of anilines is 2. The number of nitrogens with two attached hydrogens (primary N) is 1. The molecule has 0 aromatic carbocycles. The average Bonchev–Trinajstić information content (AvgIpc) is 2.29. The monoisotopic (exact) mass is 251 g/mol. The first kappa shape index (κ1) is 14.7. The Hall–Kier alpha value is -1.36. The average molecular weight is 251 g/mol. The van der Waals surface area contributed by atoms with Crippen LogP contribution in [0.1, 0.15) is 31.2 Å². The van der Waals surface area contributed by atoms with Gasteiger partial charge < -0.3 is 15.5 Å². The predicted molar refractivity (Wildman–Crippen MR) is 77.1 cm³/mol. The molecule has 0 atom stereocenters. The number of hydrogen-bond acceptors (Lipinski definition) is 5. The van der Waals surface area contributed by atoms with E-state index < -0.39 is 0 Å². The highest BCUT2D eigenvalue weighted by molar-refractivity contribution is 5.56. The predicted octanol–water partition coefficient (Wildman–Crippen LogP) is 1.49. The molecule has 0 fully saturated rings. The molecule has 1 rings (SSSR count). The summed E-state index contributed by atoms with van der Waals surface area (Å²) in [5.41, 5.74) is 6.92. The standard InChI is InChI=1S/C13H25N5/c1-9(2)12-15-11(14)10(3)13(16-12)18(6)8-7-17(4)5/h9H,7-8H2,1-6H3,(H2,14,15,16). The fourth-order valence-electron chi connectivity index (χ4n) is 1.62. The van der Waals surface area contributed by atoms with E-state index in [-0.39, 0.29) is 5.92 Å². The number of nitrogens with zero attached hydrogens (tertiary/aromatic N) is 4. The number of likely N-dealkylation sites (N-methyl/N-ethyl adjacent to an activating group) is 2. The lowest BCUT2D eigenvalue weighted by Gasteiger charge is -2.23. The summed E-state index contributed by atoms with van der Waals surface area (Å²) < 4.78 is 0. The number of hydrogen-bond donors (Lipinski definition) is 1. The van der Waals surface area contributed by atoms with E-state index in [4.69, 9.17) is 5.73 Å². The van der Waals surface area contributed by atoms with Gasteiger partial charge in [-0.1, -0.05) is 13.8 Å². The van der Waals surface area contributed by atoms with Crippen molar-refractivity contribution < 1.29 is 0 Å². The van der Waals surface area contributed by atoms with Crippen LogP contribution in [0.5, 0.6) is 0 Å². The van der Waals surface area contributed by atoms with Crippen molar-refractivity contribution in [3.8, 4) is 0 Å². The lowest BCUT2D eigenvalue weighted by Crippen LogP contribution is -2.30. The lowest BCUT2D eigenvalue weighted by molar-refractivity contribution is 0.416. The Bertz CT molecular complexity index is 401. The zero-order chi connectivity index (χ0) is 13.9. The third-order valence-electron chi connectivity index (χ3n) is 2.94. The Morgan fingerprint density at radius 3 is 2.22 bits per heavy atom. The van der Waals surface area contributed by atoms with E-state index in [0.717, 1.165) is 30.3 Å². The molecule has 0 aliphatic rings. The van der Waals surface area contributed by atoms with E-state index in [9.17, 15) is 0 Å². The van der Waals surface area contributed by atoms with Crippen LogP contribution >= 0.6 is 0 Å². The van der Waals surface area contributed by atoms with Gasteiger partial charge in [-0.2, -0.15) is 0 Å². The highest BCUT2D eigenvalue weighted by Crippen LogP contribution is 2.23. The largest absolute Gasteiger partial charge is 0.383 e. The zero-order valence-corrected chi connectivity index (χ0v) is 12.4. The number of nitrogen functional groups attached to an aromatic ring is 1. The maximum Gasteiger partial charge on any atom is 0.137 e. The van der Waals surface area contributed by atoms with Gasteiger partial charge in [-0.15, -0.1) is 0 Å². The minimum atomic E-state index is 0.286. The maximum atomic E-state index is 5.96. The molecule has 102 valence electrons. The van der Waals surface area contributed by atoms with Crippen molar-refractivity contribution in [3.05, 3.63) is 11.4 Å². The molecule has 0 aliphatic carbocycles. The van der Waals surface area contributed by atoms with Gasteiger partial charge in [0.1, 0.15) is 17.5 Å². The van der Waals surface area contributed by atoms with Gasteiger partial charge in [-0.3, -0.25) is 0 Å². The summed E-state index contributed by atoms with van der Waals surface area (Å²) in [5.74, 6) is 2.62. The molecular weight excluding hydrogens is 226 g/mol. The van der Waals surface area contributed by atoms with Crippen LogP contribution in [-0.4, -0.2) is 49.1 Å². The molecular formula is C13H25N5. The van der Waals surface area contributed by atoms with Gasteiger partial charge in [0.15, 0.2) is 0 Å². The van der Waals surface area contributed by atoms with Gasteiger partial charge in [0.25, 0.3) is 0 Å². The van der Waals surface area contributed by atoms with Crippen LogP contribution < -0.4 is 10.6 Å². The lowest BCUT2D eigenvalue weighted by atomic mass is 10.2. The Kier molecular flexibility index (Phi) is 4.90. The minimum absolute atomic E-state index is 0.286. The van der Waals surface area contributed by atoms with Gasteiger partial charge in [-0.25, -0.2) is 9.97 Å². The van der Waals surface area contributed by atoms with Crippen molar-refractivity contribution in [2.45, 2.75) is 26.7 Å². The molecule has 5 heteroatoms. The fraction of sp³-hybridized carbons (Fsp3) is 0.692. The van der Waals surface area contributed by atoms with E-state index in [1.54, 1.807) is 0 Å². The van der Waals surface area contributed by atoms with Crippen molar-refractivity contribution >= 4 is 11.6 Å². The molecule has 1 aromatic rings. The second-order valence-electron chi connectivity index (χ2n) is 5.30. The van der Waals surface area contributed by atoms with Crippen molar-refractivity contribution in [2.75, 3.05) is 44.9 Å². The summed E-state index contributed by atoms with van der Waals surface area (Å²) in [4.78, 5) is 13.3. The van der Waals surface area contributed by atoms with Crippen LogP contribution in [0.15, 0.2) is 0 Å². The van der Waals surface area contributed by atoms with Crippen LogP contribution in [0.4, 0.5) is 11.6 Å². The molecule has 5 nitrogen and oxygen atoms in total. The highest BCUT2D eigenvalue weighted by Gasteiger charge is 2.14. The van der Waals surface area contributed by atoms with Crippen LogP contribution in [0, 0.1) is 6.92 Å². The van der Waals surface area contributed by atoms with Gasteiger partial charge >= 0.3 is 0 Å². The first-order chi connectivity index (χ1) is 8.32. The van der Waals surface area contributed by atoms with E-state index in [1.165, 1.54) is 0 Å². The summed E-state index contributed by atoms with van der Waals surface area (Å²) in [6.07, 6.45) is 0. The molecule has 0 saturated heterocycles. The van der Waals surface area contributed by atoms with Crippen LogP contribution in [0.25, 0.3) is 0 Å². The Labute approximate surface area is 110 Å². The van der Waals surface area contributed by atoms with Gasteiger partial charge in [0.05, 0.1) is 0 Å². The molecule has 1 heterocycles. The summed E-state index contributed by atoms with van der Waals surface area (Å²) in [5, 5.41) is 0. The molecule has 0 saturated carbocycles. The molecule has 18 heavy (non-hydrogen) atoms. The van der Waals surface area contributed by atoms with E-state index in [1.807, 2.05) is 14.0 Å². The summed E-state index contributed by atoms with van der Waals surface area (Å²) >= 11 is 0.